The van der Waals surface area contributed by atoms with Crippen LogP contribution in [0.25, 0.3) is 99.2 Å². The lowest BCUT2D eigenvalue weighted by Crippen LogP contribution is -1.99. The molecule has 0 N–H and O–H groups in total. The summed E-state index contributed by atoms with van der Waals surface area (Å²) in [5, 5.41) is 7.33. The Kier molecular flexibility index (Phi) is 6.60. The summed E-state index contributed by atoms with van der Waals surface area (Å²) < 4.78 is 11.6. The lowest BCUT2D eigenvalue weighted by atomic mass is 9.92. The van der Waals surface area contributed by atoms with Crippen LogP contribution in [0.1, 0.15) is 16.7 Å². The molecule has 11 aromatic rings. The summed E-state index contributed by atoms with van der Waals surface area (Å²) in [5.41, 5.74) is 17.2. The van der Waals surface area contributed by atoms with Gasteiger partial charge in [-0.25, -0.2) is 0 Å². The highest BCUT2D eigenvalue weighted by Crippen LogP contribution is 2.44. The SMILES string of the molecule is Cc1ccc2c(c1)c1ccccc1n2-c1ccc2c(c1)c1cc(C)ccc1n2-c1ccccc1-c1ccccc1-c1cccc2c1oc1c(C)cccc12. The summed E-state index contributed by atoms with van der Waals surface area (Å²) in [6.07, 6.45) is 0. The summed E-state index contributed by atoms with van der Waals surface area (Å²) in [4.78, 5) is 0. The molecule has 3 heterocycles. The summed E-state index contributed by atoms with van der Waals surface area (Å²) in [6.45, 7) is 6.48. The van der Waals surface area contributed by atoms with E-state index >= 15 is 0 Å². The third-order valence-corrected chi connectivity index (χ3v) is 11.4. The van der Waals surface area contributed by atoms with Gasteiger partial charge in [0.1, 0.15) is 11.2 Å². The molecule has 3 heteroatoms. The normalized spacial score (nSPS) is 12.0. The smallest absolute Gasteiger partial charge is 0.143 e. The number of aromatic nitrogens is 2. The Morgan fingerprint density at radius 1 is 0.352 bits per heavy atom. The maximum Gasteiger partial charge on any atom is 0.143 e. The molecule has 0 amide bonds. The molecule has 0 bridgehead atoms. The maximum atomic E-state index is 6.68. The molecule has 0 saturated carbocycles. The third-order valence-electron chi connectivity index (χ3n) is 11.4. The van der Waals surface area contributed by atoms with Gasteiger partial charge >= 0.3 is 0 Å². The molecule has 3 aromatic heterocycles. The van der Waals surface area contributed by atoms with Gasteiger partial charge in [-0.3, -0.25) is 0 Å². The Morgan fingerprint density at radius 3 is 1.65 bits per heavy atom. The second-order valence-electron chi connectivity index (χ2n) is 14.7. The topological polar surface area (TPSA) is 23.0 Å². The number of hydrogen-bond acceptors (Lipinski definition) is 1. The van der Waals surface area contributed by atoms with Crippen LogP contribution in [0.5, 0.6) is 0 Å². The van der Waals surface area contributed by atoms with E-state index in [9.17, 15) is 0 Å². The van der Waals surface area contributed by atoms with E-state index in [-0.39, 0.29) is 0 Å². The largest absolute Gasteiger partial charge is 0.455 e. The zero-order valence-electron chi connectivity index (χ0n) is 30.4. The van der Waals surface area contributed by atoms with E-state index < -0.39 is 0 Å². The van der Waals surface area contributed by atoms with Crippen LogP contribution in [0.15, 0.2) is 168 Å². The molecule has 0 unspecified atom stereocenters. The van der Waals surface area contributed by atoms with Crippen LogP contribution in [0.3, 0.4) is 0 Å². The van der Waals surface area contributed by atoms with E-state index in [0.29, 0.717) is 0 Å². The molecule has 11 rings (SSSR count). The number of furan rings is 1. The molecule has 0 aliphatic rings. The number of rotatable bonds is 4. The average molecular weight is 693 g/mol. The van der Waals surface area contributed by atoms with Gasteiger partial charge in [0.2, 0.25) is 0 Å². The first kappa shape index (κ1) is 30.8. The van der Waals surface area contributed by atoms with E-state index in [0.717, 1.165) is 55.6 Å². The first-order chi connectivity index (χ1) is 26.5. The molecule has 256 valence electrons. The molecule has 0 atom stereocenters. The first-order valence-corrected chi connectivity index (χ1v) is 18.7. The lowest BCUT2D eigenvalue weighted by molar-refractivity contribution is 0.667. The molecule has 0 fully saturated rings. The van der Waals surface area contributed by atoms with Crippen molar-refractivity contribution in [2.75, 3.05) is 0 Å². The number of nitrogens with zero attached hydrogens (tertiary/aromatic N) is 2. The van der Waals surface area contributed by atoms with Crippen molar-refractivity contribution in [2.45, 2.75) is 20.8 Å². The van der Waals surface area contributed by atoms with E-state index in [2.05, 4.69) is 194 Å². The molecule has 0 radical (unpaired) electrons. The van der Waals surface area contributed by atoms with Gasteiger partial charge in [0.25, 0.3) is 0 Å². The van der Waals surface area contributed by atoms with Gasteiger partial charge in [0, 0.05) is 49.1 Å². The quantitative estimate of drug-likeness (QED) is 0.180. The molecular formula is C51H36N2O. The summed E-state index contributed by atoms with van der Waals surface area (Å²) in [5.74, 6) is 0. The van der Waals surface area contributed by atoms with Crippen LogP contribution in [-0.2, 0) is 0 Å². The predicted octanol–water partition coefficient (Wildman–Crippen LogP) is 14.0. The fraction of sp³-hybridized carbons (Fsp3) is 0.0588. The van der Waals surface area contributed by atoms with Gasteiger partial charge in [-0.1, -0.05) is 120 Å². The van der Waals surface area contributed by atoms with Crippen molar-refractivity contribution in [1.29, 1.82) is 0 Å². The van der Waals surface area contributed by atoms with Crippen LogP contribution >= 0.6 is 0 Å². The lowest BCUT2D eigenvalue weighted by Gasteiger charge is -2.17. The molecule has 8 aromatic carbocycles. The molecule has 0 saturated heterocycles. The van der Waals surface area contributed by atoms with E-state index in [4.69, 9.17) is 4.42 Å². The standard InChI is InChI=1S/C51H36N2O/c1-31-22-25-47-42(28-31)38-16-7-8-20-45(38)52(47)34-24-27-49-44(30-34)43-29-32(2)23-26-48(43)53(49)46-21-9-6-15-37(46)35-13-4-5-14-36(35)39-18-11-19-41-40-17-10-12-33(3)50(40)54-51(39)41/h4-30H,1-3H3. The first-order valence-electron chi connectivity index (χ1n) is 18.7. The van der Waals surface area contributed by atoms with Crippen molar-refractivity contribution in [3.8, 4) is 33.6 Å². The number of hydrogen-bond donors (Lipinski definition) is 0. The average Bonchev–Trinajstić information content (AvgIpc) is 3.86. The highest BCUT2D eigenvalue weighted by atomic mass is 16.3. The zero-order chi connectivity index (χ0) is 36.1. The van der Waals surface area contributed by atoms with Gasteiger partial charge in [-0.05, 0) is 92.1 Å². The van der Waals surface area contributed by atoms with Crippen molar-refractivity contribution in [3.05, 3.63) is 180 Å². The van der Waals surface area contributed by atoms with Crippen LogP contribution < -0.4 is 0 Å². The van der Waals surface area contributed by atoms with Crippen LogP contribution in [0, 0.1) is 20.8 Å². The fourth-order valence-corrected chi connectivity index (χ4v) is 8.91. The summed E-state index contributed by atoms with van der Waals surface area (Å²) in [6, 6.07) is 59.9. The molecule has 0 spiro atoms. The minimum atomic E-state index is 0.923. The number of aryl methyl sites for hydroxylation is 3. The van der Waals surface area contributed by atoms with Crippen molar-refractivity contribution in [1.82, 2.24) is 9.13 Å². The molecule has 0 aliphatic heterocycles. The van der Waals surface area contributed by atoms with E-state index in [1.54, 1.807) is 0 Å². The van der Waals surface area contributed by atoms with Gasteiger partial charge in [-0.15, -0.1) is 0 Å². The number of fused-ring (bicyclic) bond motifs is 9. The molecule has 0 aliphatic carbocycles. The third kappa shape index (κ3) is 4.42. The van der Waals surface area contributed by atoms with E-state index in [1.165, 1.54) is 60.3 Å². The van der Waals surface area contributed by atoms with Gasteiger partial charge < -0.3 is 13.6 Å². The summed E-state index contributed by atoms with van der Waals surface area (Å²) >= 11 is 0. The number of para-hydroxylation sites is 4. The van der Waals surface area contributed by atoms with Crippen molar-refractivity contribution in [2.24, 2.45) is 0 Å². The second-order valence-corrected chi connectivity index (χ2v) is 14.7. The molecule has 54 heavy (non-hydrogen) atoms. The fourth-order valence-electron chi connectivity index (χ4n) is 8.91. The van der Waals surface area contributed by atoms with Crippen LogP contribution in [0.4, 0.5) is 0 Å². The van der Waals surface area contributed by atoms with E-state index in [1.807, 2.05) is 0 Å². The Bertz CT molecular complexity index is 3310. The van der Waals surface area contributed by atoms with Gasteiger partial charge in [0.15, 0.2) is 0 Å². The van der Waals surface area contributed by atoms with Crippen LogP contribution in [-0.4, -0.2) is 9.13 Å². The number of benzene rings is 8. The highest BCUT2D eigenvalue weighted by molar-refractivity contribution is 6.14. The maximum absolute atomic E-state index is 6.68. The summed E-state index contributed by atoms with van der Waals surface area (Å²) in [7, 11) is 0. The van der Waals surface area contributed by atoms with Gasteiger partial charge in [-0.2, -0.15) is 0 Å². The van der Waals surface area contributed by atoms with Crippen molar-refractivity contribution < 1.29 is 4.42 Å². The molecule has 3 nitrogen and oxygen atoms in total. The Balaban J connectivity index is 1.16. The predicted molar refractivity (Wildman–Crippen MR) is 227 cm³/mol. The Morgan fingerprint density at radius 2 is 0.870 bits per heavy atom. The van der Waals surface area contributed by atoms with Gasteiger partial charge in [0.05, 0.1) is 27.8 Å². The van der Waals surface area contributed by atoms with Crippen LogP contribution in [0.2, 0.25) is 0 Å². The minimum absolute atomic E-state index is 0.923. The monoisotopic (exact) mass is 692 g/mol. The Labute approximate surface area is 312 Å². The van der Waals surface area contributed by atoms with Crippen molar-refractivity contribution in [3.63, 3.8) is 0 Å². The second kappa shape index (κ2) is 11.6. The Hall–Kier alpha value is -6.84. The minimum Gasteiger partial charge on any atom is -0.455 e. The molecular weight excluding hydrogens is 657 g/mol. The van der Waals surface area contributed by atoms with Crippen molar-refractivity contribution >= 4 is 65.6 Å². The zero-order valence-corrected chi connectivity index (χ0v) is 30.4. The highest BCUT2D eigenvalue weighted by Gasteiger charge is 2.21.